The molecule has 0 radical (unpaired) electrons. The second-order valence-electron chi connectivity index (χ2n) is 6.35. The lowest BCUT2D eigenvalue weighted by Crippen LogP contribution is -2.50. The predicted octanol–water partition coefficient (Wildman–Crippen LogP) is 4.31. The van der Waals surface area contributed by atoms with Crippen LogP contribution in [0.25, 0.3) is 5.57 Å². The third-order valence-electron chi connectivity index (χ3n) is 4.34. The molecule has 0 amide bonds. The molecule has 3 heteroatoms. The van der Waals surface area contributed by atoms with Crippen LogP contribution in [-0.4, -0.2) is 25.0 Å². The van der Waals surface area contributed by atoms with E-state index < -0.39 is 0 Å². The molecule has 0 fully saturated rings. The molecule has 0 spiro atoms. The smallest absolute Gasteiger partial charge is 0.150 e. The van der Waals surface area contributed by atoms with Gasteiger partial charge in [-0.05, 0) is 51.8 Å². The molecular weight excluding hydrogens is 262 g/mol. The van der Waals surface area contributed by atoms with Crippen LogP contribution in [0.2, 0.25) is 0 Å². The average molecular weight is 287 g/mol. The number of fused-ring (bicyclic) bond motifs is 1. The summed E-state index contributed by atoms with van der Waals surface area (Å²) >= 11 is 0. The lowest BCUT2D eigenvalue weighted by atomic mass is 9.86. The van der Waals surface area contributed by atoms with E-state index in [9.17, 15) is 4.79 Å². The van der Waals surface area contributed by atoms with E-state index in [1.807, 2.05) is 12.1 Å². The highest BCUT2D eigenvalue weighted by molar-refractivity contribution is 5.89. The molecular formula is C18H25NO2. The first-order valence-corrected chi connectivity index (χ1v) is 7.52. The lowest BCUT2D eigenvalue weighted by Gasteiger charge is -2.47. The quantitative estimate of drug-likeness (QED) is 0.773. The number of benzene rings is 1. The van der Waals surface area contributed by atoms with Gasteiger partial charge in [-0.1, -0.05) is 13.0 Å². The Bertz CT molecular complexity index is 587. The van der Waals surface area contributed by atoms with Crippen molar-refractivity contribution in [2.24, 2.45) is 0 Å². The molecule has 1 aliphatic rings. The third kappa shape index (κ3) is 2.57. The number of carbonyl (C=O) groups is 1. The van der Waals surface area contributed by atoms with Crippen LogP contribution < -0.4 is 9.64 Å². The maximum atomic E-state index is 11.2. The number of rotatable bonds is 4. The SMILES string of the molecule is CC[C@@H](C)N1c2c(OC)cc(C=O)cc2C(C)=CC1(C)C. The number of hydrogen-bond donors (Lipinski definition) is 0. The highest BCUT2D eigenvalue weighted by Gasteiger charge is 2.36. The van der Waals surface area contributed by atoms with Gasteiger partial charge in [0, 0.05) is 17.2 Å². The van der Waals surface area contributed by atoms with Crippen LogP contribution >= 0.6 is 0 Å². The molecule has 0 saturated carbocycles. The van der Waals surface area contributed by atoms with Crippen LogP contribution in [0.4, 0.5) is 5.69 Å². The van der Waals surface area contributed by atoms with Gasteiger partial charge in [-0.25, -0.2) is 0 Å². The Morgan fingerprint density at radius 2 is 2.05 bits per heavy atom. The predicted molar refractivity (Wildman–Crippen MR) is 88.3 cm³/mol. The van der Waals surface area contributed by atoms with E-state index in [0.717, 1.165) is 29.7 Å². The summed E-state index contributed by atoms with van der Waals surface area (Å²) in [6, 6.07) is 4.18. The van der Waals surface area contributed by atoms with Crippen molar-refractivity contribution in [1.29, 1.82) is 0 Å². The summed E-state index contributed by atoms with van der Waals surface area (Å²) in [5.74, 6) is 0.774. The van der Waals surface area contributed by atoms with Gasteiger partial charge in [-0.2, -0.15) is 0 Å². The van der Waals surface area contributed by atoms with E-state index in [1.54, 1.807) is 7.11 Å². The minimum atomic E-state index is -0.0809. The fourth-order valence-electron chi connectivity index (χ4n) is 3.34. The molecule has 21 heavy (non-hydrogen) atoms. The molecule has 0 unspecified atom stereocenters. The van der Waals surface area contributed by atoms with Gasteiger partial charge < -0.3 is 9.64 Å². The first-order valence-electron chi connectivity index (χ1n) is 7.52. The van der Waals surface area contributed by atoms with Crippen molar-refractivity contribution in [2.75, 3.05) is 12.0 Å². The largest absolute Gasteiger partial charge is 0.495 e. The van der Waals surface area contributed by atoms with E-state index >= 15 is 0 Å². The van der Waals surface area contributed by atoms with E-state index in [1.165, 1.54) is 5.57 Å². The second kappa shape index (κ2) is 5.55. The van der Waals surface area contributed by atoms with Crippen molar-refractivity contribution in [1.82, 2.24) is 0 Å². The van der Waals surface area contributed by atoms with Crippen molar-refractivity contribution in [3.63, 3.8) is 0 Å². The van der Waals surface area contributed by atoms with E-state index in [0.29, 0.717) is 11.6 Å². The van der Waals surface area contributed by atoms with Gasteiger partial charge in [-0.15, -0.1) is 0 Å². The van der Waals surface area contributed by atoms with Gasteiger partial charge in [0.1, 0.15) is 12.0 Å². The van der Waals surface area contributed by atoms with Crippen molar-refractivity contribution in [3.8, 4) is 5.75 Å². The molecule has 0 saturated heterocycles. The molecule has 3 nitrogen and oxygen atoms in total. The number of anilines is 1. The topological polar surface area (TPSA) is 29.5 Å². The first-order chi connectivity index (χ1) is 9.85. The molecule has 114 valence electrons. The molecule has 1 aromatic carbocycles. The van der Waals surface area contributed by atoms with Crippen LogP contribution in [0.3, 0.4) is 0 Å². The molecule has 1 aliphatic heterocycles. The van der Waals surface area contributed by atoms with Crippen LogP contribution in [0.1, 0.15) is 57.0 Å². The Morgan fingerprint density at radius 3 is 2.57 bits per heavy atom. The van der Waals surface area contributed by atoms with Crippen LogP contribution in [-0.2, 0) is 0 Å². The van der Waals surface area contributed by atoms with Gasteiger partial charge in [0.15, 0.2) is 0 Å². The summed E-state index contributed by atoms with van der Waals surface area (Å²) < 4.78 is 5.59. The summed E-state index contributed by atoms with van der Waals surface area (Å²) in [5.41, 5.74) is 3.96. The van der Waals surface area contributed by atoms with Crippen molar-refractivity contribution in [2.45, 2.75) is 52.6 Å². The van der Waals surface area contributed by atoms with Gasteiger partial charge >= 0.3 is 0 Å². The van der Waals surface area contributed by atoms with E-state index in [4.69, 9.17) is 4.74 Å². The monoisotopic (exact) mass is 287 g/mol. The summed E-state index contributed by atoms with van der Waals surface area (Å²) in [6.07, 6.45) is 4.20. The van der Waals surface area contributed by atoms with Crippen molar-refractivity contribution in [3.05, 3.63) is 29.3 Å². The van der Waals surface area contributed by atoms with E-state index in [-0.39, 0.29) is 5.54 Å². The molecule has 0 N–H and O–H groups in total. The lowest BCUT2D eigenvalue weighted by molar-refractivity contribution is 0.112. The number of nitrogens with zero attached hydrogens (tertiary/aromatic N) is 1. The molecule has 2 rings (SSSR count). The number of allylic oxidation sites excluding steroid dienone is 1. The van der Waals surface area contributed by atoms with Crippen LogP contribution in [0.15, 0.2) is 18.2 Å². The summed E-state index contributed by atoms with van der Waals surface area (Å²) in [6.45, 7) is 11.0. The van der Waals surface area contributed by atoms with Crippen molar-refractivity contribution >= 4 is 17.5 Å². The molecule has 0 aromatic heterocycles. The normalized spacial score (nSPS) is 17.8. The molecule has 0 bridgehead atoms. The zero-order valence-corrected chi connectivity index (χ0v) is 13.9. The van der Waals surface area contributed by atoms with E-state index in [2.05, 4.69) is 45.6 Å². The first kappa shape index (κ1) is 15.6. The minimum Gasteiger partial charge on any atom is -0.495 e. The molecule has 1 aromatic rings. The minimum absolute atomic E-state index is 0.0809. The molecule has 1 heterocycles. The summed E-state index contributed by atoms with van der Waals surface area (Å²) in [4.78, 5) is 13.6. The Labute approximate surface area is 127 Å². The summed E-state index contributed by atoms with van der Waals surface area (Å²) in [5, 5.41) is 0. The third-order valence-corrected chi connectivity index (χ3v) is 4.34. The Morgan fingerprint density at radius 1 is 1.38 bits per heavy atom. The fourth-order valence-corrected chi connectivity index (χ4v) is 3.34. The Hall–Kier alpha value is -1.77. The Kier molecular flexibility index (Phi) is 4.13. The summed E-state index contributed by atoms with van der Waals surface area (Å²) in [7, 11) is 1.67. The van der Waals surface area contributed by atoms with Crippen LogP contribution in [0.5, 0.6) is 5.75 Å². The molecule has 0 aliphatic carbocycles. The average Bonchev–Trinajstić information content (AvgIpc) is 2.45. The Balaban J connectivity index is 2.76. The second-order valence-corrected chi connectivity index (χ2v) is 6.35. The zero-order chi connectivity index (χ0) is 15.8. The number of aldehydes is 1. The van der Waals surface area contributed by atoms with Crippen molar-refractivity contribution < 1.29 is 9.53 Å². The molecule has 1 atom stereocenters. The van der Waals surface area contributed by atoms with Crippen LogP contribution in [0, 0.1) is 0 Å². The maximum absolute atomic E-state index is 11.2. The number of hydrogen-bond acceptors (Lipinski definition) is 3. The van der Waals surface area contributed by atoms with Gasteiger partial charge in [0.25, 0.3) is 0 Å². The highest BCUT2D eigenvalue weighted by atomic mass is 16.5. The standard InChI is InChI=1S/C18H25NO2/c1-7-13(3)19-17-15(12(2)10-18(19,4)5)8-14(11-20)9-16(17)21-6/h8-11,13H,7H2,1-6H3/t13-/m1/s1. The zero-order valence-electron chi connectivity index (χ0n) is 13.9. The van der Waals surface area contributed by atoms with Gasteiger partial charge in [0.2, 0.25) is 0 Å². The highest BCUT2D eigenvalue weighted by Crippen LogP contribution is 2.46. The van der Waals surface area contributed by atoms with Gasteiger partial charge in [0.05, 0.1) is 18.3 Å². The fraction of sp³-hybridized carbons (Fsp3) is 0.500. The maximum Gasteiger partial charge on any atom is 0.150 e. The number of carbonyl (C=O) groups excluding carboxylic acids is 1. The number of ether oxygens (including phenoxy) is 1. The van der Waals surface area contributed by atoms with Gasteiger partial charge in [-0.3, -0.25) is 4.79 Å². The number of methoxy groups -OCH3 is 1.